The lowest BCUT2D eigenvalue weighted by molar-refractivity contribution is 0.317. The molecule has 2 nitrogen and oxygen atoms in total. The molecule has 0 saturated carbocycles. The highest BCUT2D eigenvalue weighted by Crippen LogP contribution is 2.31. The Balaban J connectivity index is 1.99. The number of anilines is 1. The van der Waals surface area contributed by atoms with E-state index in [0.29, 0.717) is 23.6 Å². The van der Waals surface area contributed by atoms with Gasteiger partial charge in [0, 0.05) is 17.5 Å². The summed E-state index contributed by atoms with van der Waals surface area (Å²) in [7, 11) is 0. The summed E-state index contributed by atoms with van der Waals surface area (Å²) in [6.07, 6.45) is 0.993. The molecule has 0 spiro atoms. The molecule has 2 unspecified atom stereocenters. The van der Waals surface area contributed by atoms with Crippen molar-refractivity contribution >= 4 is 29.1 Å². The Bertz CT molecular complexity index is 399. The molecule has 1 heterocycles. The van der Waals surface area contributed by atoms with E-state index >= 15 is 0 Å². The van der Waals surface area contributed by atoms with Gasteiger partial charge >= 0.3 is 0 Å². The van der Waals surface area contributed by atoms with Crippen LogP contribution in [0.3, 0.4) is 0 Å². The molecule has 2 rings (SSSR count). The third kappa shape index (κ3) is 3.48. The highest BCUT2D eigenvalue weighted by molar-refractivity contribution is 7.99. The fourth-order valence-electron chi connectivity index (χ4n) is 1.98. The normalized spacial score (nSPS) is 23.1. The summed E-state index contributed by atoms with van der Waals surface area (Å²) < 4.78 is 5.57. The summed E-state index contributed by atoms with van der Waals surface area (Å²) in [5.74, 6) is 3.90. The van der Waals surface area contributed by atoms with E-state index in [2.05, 4.69) is 19.2 Å². The van der Waals surface area contributed by atoms with Gasteiger partial charge < -0.3 is 10.1 Å². The standard InChI is InChI=1S/C14H20ClNOS/c1-3-6-17-14-5-4-11(7-12(14)15)16-13-9-18-8-10(13)2/h4-5,7,10,13,16H,3,6,8-9H2,1-2H3. The number of benzene rings is 1. The monoisotopic (exact) mass is 285 g/mol. The van der Waals surface area contributed by atoms with Crippen LogP contribution in [0.2, 0.25) is 5.02 Å². The molecule has 1 aromatic carbocycles. The van der Waals surface area contributed by atoms with Crippen molar-refractivity contribution in [1.82, 2.24) is 0 Å². The maximum atomic E-state index is 6.22. The molecule has 0 bridgehead atoms. The molecule has 1 aromatic rings. The third-order valence-corrected chi connectivity index (χ3v) is 4.76. The number of halogens is 1. The first-order chi connectivity index (χ1) is 8.70. The van der Waals surface area contributed by atoms with Gasteiger partial charge in [-0.1, -0.05) is 25.4 Å². The fraction of sp³-hybridized carbons (Fsp3) is 0.571. The average molecular weight is 286 g/mol. The maximum absolute atomic E-state index is 6.22. The maximum Gasteiger partial charge on any atom is 0.138 e. The van der Waals surface area contributed by atoms with E-state index in [0.717, 1.165) is 17.9 Å². The van der Waals surface area contributed by atoms with Gasteiger partial charge in [0.15, 0.2) is 0 Å². The van der Waals surface area contributed by atoms with E-state index in [1.807, 2.05) is 30.0 Å². The molecule has 1 saturated heterocycles. The highest BCUT2D eigenvalue weighted by atomic mass is 35.5. The largest absolute Gasteiger partial charge is 0.492 e. The summed E-state index contributed by atoms with van der Waals surface area (Å²) in [4.78, 5) is 0. The van der Waals surface area contributed by atoms with Crippen molar-refractivity contribution in [3.05, 3.63) is 23.2 Å². The smallest absolute Gasteiger partial charge is 0.138 e. The zero-order valence-corrected chi connectivity index (χ0v) is 12.5. The van der Waals surface area contributed by atoms with Crippen molar-refractivity contribution in [3.8, 4) is 5.75 Å². The van der Waals surface area contributed by atoms with Gasteiger partial charge in [0.1, 0.15) is 5.75 Å². The number of ether oxygens (including phenoxy) is 1. The Kier molecular flexibility index (Phi) is 5.07. The zero-order chi connectivity index (χ0) is 13.0. The zero-order valence-electron chi connectivity index (χ0n) is 10.9. The Morgan fingerprint density at radius 1 is 1.44 bits per heavy atom. The lowest BCUT2D eigenvalue weighted by Crippen LogP contribution is -2.25. The minimum Gasteiger partial charge on any atom is -0.492 e. The third-order valence-electron chi connectivity index (χ3n) is 3.11. The number of hydrogen-bond donors (Lipinski definition) is 1. The summed E-state index contributed by atoms with van der Waals surface area (Å²) in [6, 6.07) is 6.51. The first-order valence-electron chi connectivity index (χ1n) is 6.47. The van der Waals surface area contributed by atoms with Gasteiger partial charge in [0.25, 0.3) is 0 Å². The summed E-state index contributed by atoms with van der Waals surface area (Å²) in [6.45, 7) is 5.09. The van der Waals surface area contributed by atoms with E-state index in [1.54, 1.807) is 0 Å². The Morgan fingerprint density at radius 3 is 2.89 bits per heavy atom. The van der Waals surface area contributed by atoms with Crippen LogP contribution in [0.25, 0.3) is 0 Å². The number of nitrogens with one attached hydrogen (secondary N) is 1. The van der Waals surface area contributed by atoms with E-state index in [1.165, 1.54) is 11.5 Å². The Hall–Kier alpha value is -0.540. The SMILES string of the molecule is CCCOc1ccc(NC2CSCC2C)cc1Cl. The van der Waals surface area contributed by atoms with E-state index in [4.69, 9.17) is 16.3 Å². The fourth-order valence-corrected chi connectivity index (χ4v) is 3.62. The van der Waals surface area contributed by atoms with Gasteiger partial charge in [-0.2, -0.15) is 11.8 Å². The first kappa shape index (κ1) is 13.9. The van der Waals surface area contributed by atoms with Crippen LogP contribution < -0.4 is 10.1 Å². The van der Waals surface area contributed by atoms with E-state index in [9.17, 15) is 0 Å². The minimum atomic E-state index is 0.550. The summed E-state index contributed by atoms with van der Waals surface area (Å²) in [5.41, 5.74) is 1.09. The highest BCUT2D eigenvalue weighted by Gasteiger charge is 2.23. The van der Waals surface area contributed by atoms with Gasteiger partial charge in [0.05, 0.1) is 11.6 Å². The molecule has 0 aliphatic carbocycles. The Morgan fingerprint density at radius 2 is 2.28 bits per heavy atom. The molecule has 4 heteroatoms. The van der Waals surface area contributed by atoms with Crippen LogP contribution in [0.5, 0.6) is 5.75 Å². The van der Waals surface area contributed by atoms with Crippen LogP contribution in [-0.2, 0) is 0 Å². The average Bonchev–Trinajstić information content (AvgIpc) is 2.74. The van der Waals surface area contributed by atoms with Crippen molar-refractivity contribution in [3.63, 3.8) is 0 Å². The van der Waals surface area contributed by atoms with Crippen LogP contribution in [0, 0.1) is 5.92 Å². The van der Waals surface area contributed by atoms with Crippen molar-refractivity contribution in [2.45, 2.75) is 26.3 Å². The van der Waals surface area contributed by atoms with Crippen molar-refractivity contribution in [2.24, 2.45) is 5.92 Å². The van der Waals surface area contributed by atoms with E-state index < -0.39 is 0 Å². The molecule has 100 valence electrons. The van der Waals surface area contributed by atoms with Gasteiger partial charge in [0.2, 0.25) is 0 Å². The molecule has 1 fully saturated rings. The van der Waals surface area contributed by atoms with Crippen LogP contribution in [0.1, 0.15) is 20.3 Å². The predicted molar refractivity (Wildman–Crippen MR) is 81.1 cm³/mol. The van der Waals surface area contributed by atoms with E-state index in [-0.39, 0.29) is 0 Å². The Labute approximate surface area is 118 Å². The number of hydrogen-bond acceptors (Lipinski definition) is 3. The molecule has 0 amide bonds. The molecular formula is C14H20ClNOS. The van der Waals surface area contributed by atoms with Crippen molar-refractivity contribution < 1.29 is 4.74 Å². The molecule has 2 atom stereocenters. The molecule has 0 aromatic heterocycles. The van der Waals surface area contributed by atoms with Gasteiger partial charge in [-0.05, 0) is 36.3 Å². The van der Waals surface area contributed by atoms with Crippen molar-refractivity contribution in [2.75, 3.05) is 23.4 Å². The summed E-state index contributed by atoms with van der Waals surface area (Å²) in [5, 5.41) is 4.24. The molecular weight excluding hydrogens is 266 g/mol. The van der Waals surface area contributed by atoms with Crippen LogP contribution in [0.4, 0.5) is 5.69 Å². The second kappa shape index (κ2) is 6.58. The second-order valence-corrected chi connectivity index (χ2v) is 6.24. The quantitative estimate of drug-likeness (QED) is 0.872. The van der Waals surface area contributed by atoms with Gasteiger partial charge in [-0.25, -0.2) is 0 Å². The summed E-state index contributed by atoms with van der Waals surface area (Å²) >= 11 is 8.22. The number of thioether (sulfide) groups is 1. The van der Waals surface area contributed by atoms with Crippen LogP contribution >= 0.6 is 23.4 Å². The van der Waals surface area contributed by atoms with Gasteiger partial charge in [-0.3, -0.25) is 0 Å². The topological polar surface area (TPSA) is 21.3 Å². The second-order valence-electron chi connectivity index (χ2n) is 4.76. The lowest BCUT2D eigenvalue weighted by Gasteiger charge is -2.18. The van der Waals surface area contributed by atoms with Gasteiger partial charge in [-0.15, -0.1) is 0 Å². The molecule has 1 aliphatic rings. The molecule has 18 heavy (non-hydrogen) atoms. The first-order valence-corrected chi connectivity index (χ1v) is 8.00. The minimum absolute atomic E-state index is 0.550. The molecule has 0 radical (unpaired) electrons. The van der Waals surface area contributed by atoms with Crippen LogP contribution in [-0.4, -0.2) is 24.2 Å². The molecule has 1 aliphatic heterocycles. The molecule has 1 N–H and O–H groups in total. The predicted octanol–water partition coefficient (Wildman–Crippen LogP) is 4.29. The lowest BCUT2D eigenvalue weighted by atomic mass is 10.1. The number of rotatable bonds is 5. The van der Waals surface area contributed by atoms with Crippen molar-refractivity contribution in [1.29, 1.82) is 0 Å². The van der Waals surface area contributed by atoms with Crippen LogP contribution in [0.15, 0.2) is 18.2 Å².